The first-order valence-electron chi connectivity index (χ1n) is 12.8. The van der Waals surface area contributed by atoms with Crippen LogP contribution >= 0.6 is 0 Å². The molecule has 0 atom stereocenters. The van der Waals surface area contributed by atoms with E-state index in [0.717, 1.165) is 43.8 Å². The van der Waals surface area contributed by atoms with Gasteiger partial charge in [-0.2, -0.15) is 0 Å². The number of allylic oxidation sites excluding steroid dienone is 3. The zero-order valence-corrected chi connectivity index (χ0v) is 21.4. The fraction of sp³-hybridized carbons (Fsp3) is 0.167. The third-order valence-corrected chi connectivity index (χ3v) is 6.72. The maximum Gasteiger partial charge on any atom is 0.267 e. The van der Waals surface area contributed by atoms with E-state index in [9.17, 15) is 14.0 Å². The van der Waals surface area contributed by atoms with Crippen LogP contribution in [0.1, 0.15) is 23.2 Å². The molecule has 1 saturated heterocycles. The number of carbonyl (C=O) groups is 1. The highest BCUT2D eigenvalue weighted by Crippen LogP contribution is 2.30. The summed E-state index contributed by atoms with van der Waals surface area (Å²) in [7, 11) is 0. The standard InChI is InChI=1S/C30H27F2N5O3/c31-21-3-6-23(7-4-21)37-15-1-2-24(30(37)39)29(38)36-22-5-8-27(25(32)17-22)40-28-16-20(18-35-26(28)9-12-33)19-10-13-34-14-11-19/h1-9,12,15-19,33-35H,10-11,13-14H2,(H,36,38)/b26-9-,33-12?. The van der Waals surface area contributed by atoms with E-state index in [1.54, 1.807) is 0 Å². The number of aromatic nitrogens is 1. The molecule has 3 heterocycles. The lowest BCUT2D eigenvalue weighted by atomic mass is 9.89. The van der Waals surface area contributed by atoms with Gasteiger partial charge in [-0.25, -0.2) is 8.78 Å². The predicted octanol–water partition coefficient (Wildman–Crippen LogP) is 4.65. The lowest BCUT2D eigenvalue weighted by molar-refractivity contribution is 0.102. The zero-order chi connectivity index (χ0) is 28.1. The molecule has 0 radical (unpaired) electrons. The van der Waals surface area contributed by atoms with E-state index in [4.69, 9.17) is 10.1 Å². The van der Waals surface area contributed by atoms with Crippen molar-refractivity contribution in [2.24, 2.45) is 5.92 Å². The molecule has 2 aromatic carbocycles. The van der Waals surface area contributed by atoms with Gasteiger partial charge < -0.3 is 26.1 Å². The van der Waals surface area contributed by atoms with Crippen LogP contribution < -0.4 is 26.2 Å². The van der Waals surface area contributed by atoms with Gasteiger partial charge in [0.2, 0.25) is 0 Å². The summed E-state index contributed by atoms with van der Waals surface area (Å²) in [6, 6.07) is 12.1. The maximum absolute atomic E-state index is 15.1. The van der Waals surface area contributed by atoms with Crippen LogP contribution in [0.15, 0.2) is 101 Å². The summed E-state index contributed by atoms with van der Waals surface area (Å²) in [5.41, 5.74) is 1.32. The van der Waals surface area contributed by atoms with Gasteiger partial charge in [0.15, 0.2) is 17.3 Å². The van der Waals surface area contributed by atoms with Gasteiger partial charge in [-0.3, -0.25) is 14.2 Å². The van der Waals surface area contributed by atoms with Gasteiger partial charge in [0.25, 0.3) is 11.5 Å². The van der Waals surface area contributed by atoms with Crippen molar-refractivity contribution in [2.75, 3.05) is 18.4 Å². The second kappa shape index (κ2) is 11.9. The first-order valence-corrected chi connectivity index (χ1v) is 12.8. The zero-order valence-electron chi connectivity index (χ0n) is 21.4. The molecule has 0 aliphatic carbocycles. The molecule has 1 aromatic heterocycles. The largest absolute Gasteiger partial charge is 0.452 e. The highest BCUT2D eigenvalue weighted by Gasteiger charge is 2.22. The van der Waals surface area contributed by atoms with Crippen LogP contribution in [0.3, 0.4) is 0 Å². The van der Waals surface area contributed by atoms with E-state index in [2.05, 4.69) is 16.0 Å². The van der Waals surface area contributed by atoms with E-state index in [-0.39, 0.29) is 17.0 Å². The average Bonchev–Trinajstić information content (AvgIpc) is 2.96. The van der Waals surface area contributed by atoms with Crippen molar-refractivity contribution < 1.29 is 18.3 Å². The van der Waals surface area contributed by atoms with Crippen LogP contribution in [0.2, 0.25) is 0 Å². The summed E-state index contributed by atoms with van der Waals surface area (Å²) in [6.07, 6.45) is 9.80. The van der Waals surface area contributed by atoms with E-state index < -0.39 is 23.1 Å². The molecule has 8 nitrogen and oxygen atoms in total. The van der Waals surface area contributed by atoms with Crippen molar-refractivity contribution in [3.8, 4) is 11.4 Å². The number of hydrogen-bond acceptors (Lipinski definition) is 6. The highest BCUT2D eigenvalue weighted by atomic mass is 19.1. The molecule has 204 valence electrons. The van der Waals surface area contributed by atoms with E-state index in [0.29, 0.717) is 23.1 Å². The number of carbonyl (C=O) groups excluding carboxylic acids is 1. The minimum Gasteiger partial charge on any atom is -0.452 e. The van der Waals surface area contributed by atoms with Crippen molar-refractivity contribution in [1.29, 1.82) is 5.41 Å². The third-order valence-electron chi connectivity index (χ3n) is 6.72. The molecular weight excluding hydrogens is 516 g/mol. The lowest BCUT2D eigenvalue weighted by Crippen LogP contribution is -2.30. The summed E-state index contributed by atoms with van der Waals surface area (Å²) in [4.78, 5) is 25.8. The summed E-state index contributed by atoms with van der Waals surface area (Å²) in [5, 5.41) is 16.5. The monoisotopic (exact) mass is 543 g/mol. The minimum atomic E-state index is -0.721. The number of dihydropyridines is 1. The second-order valence-electron chi connectivity index (χ2n) is 9.34. The Balaban J connectivity index is 1.33. The Kier molecular flexibility index (Phi) is 7.97. The van der Waals surface area contributed by atoms with E-state index in [1.807, 2.05) is 12.3 Å². The third kappa shape index (κ3) is 5.92. The van der Waals surface area contributed by atoms with Crippen molar-refractivity contribution in [3.05, 3.63) is 124 Å². The van der Waals surface area contributed by atoms with Gasteiger partial charge in [0, 0.05) is 36.1 Å². The minimum absolute atomic E-state index is 0.0631. The molecule has 0 saturated carbocycles. The second-order valence-corrected chi connectivity index (χ2v) is 9.34. The van der Waals surface area contributed by atoms with E-state index in [1.165, 1.54) is 65.4 Å². The number of hydrogen-bond donors (Lipinski definition) is 4. The Morgan fingerprint density at radius 3 is 2.60 bits per heavy atom. The molecule has 1 fully saturated rings. The highest BCUT2D eigenvalue weighted by molar-refractivity contribution is 6.04. The molecule has 3 aromatic rings. The topological polar surface area (TPSA) is 108 Å². The van der Waals surface area contributed by atoms with E-state index >= 15 is 4.39 Å². The SMILES string of the molecule is N=C/C=C1\NC=C(C2CCNCC2)C=C1Oc1ccc(NC(=O)c2cccn(-c3ccc(F)cc3)c2=O)cc1F. The quantitative estimate of drug-likeness (QED) is 0.325. The molecule has 1 amide bonds. The first-order chi connectivity index (χ1) is 19.4. The number of nitrogens with zero attached hydrogens (tertiary/aromatic N) is 1. The number of ether oxygens (including phenoxy) is 1. The Bertz CT molecular complexity index is 1590. The first kappa shape index (κ1) is 26.8. The van der Waals surface area contributed by atoms with Gasteiger partial charge >= 0.3 is 0 Å². The van der Waals surface area contributed by atoms with Crippen molar-refractivity contribution in [2.45, 2.75) is 12.8 Å². The van der Waals surface area contributed by atoms with Crippen molar-refractivity contribution >= 4 is 17.8 Å². The number of amides is 1. The Labute approximate surface area is 229 Å². The summed E-state index contributed by atoms with van der Waals surface area (Å²) in [6.45, 7) is 1.83. The smallest absolute Gasteiger partial charge is 0.267 e. The van der Waals surface area contributed by atoms with Crippen LogP contribution in [0.4, 0.5) is 14.5 Å². The Morgan fingerprint density at radius 1 is 1.10 bits per heavy atom. The number of piperidine rings is 1. The van der Waals surface area contributed by atoms with Crippen LogP contribution in [-0.2, 0) is 0 Å². The molecule has 5 rings (SSSR count). The lowest BCUT2D eigenvalue weighted by Gasteiger charge is -2.27. The fourth-order valence-corrected chi connectivity index (χ4v) is 4.64. The molecule has 2 aliphatic rings. The van der Waals surface area contributed by atoms with Crippen molar-refractivity contribution in [1.82, 2.24) is 15.2 Å². The Morgan fingerprint density at radius 2 is 1.88 bits per heavy atom. The molecule has 40 heavy (non-hydrogen) atoms. The molecule has 0 unspecified atom stereocenters. The van der Waals surface area contributed by atoms with Crippen LogP contribution in [-0.4, -0.2) is 29.8 Å². The van der Waals surface area contributed by atoms with Crippen LogP contribution in [0.25, 0.3) is 5.69 Å². The molecule has 10 heteroatoms. The van der Waals surface area contributed by atoms with Crippen LogP contribution in [0.5, 0.6) is 5.75 Å². The molecule has 2 aliphatic heterocycles. The fourth-order valence-electron chi connectivity index (χ4n) is 4.64. The van der Waals surface area contributed by atoms with Gasteiger partial charge in [0.1, 0.15) is 11.4 Å². The number of nitrogens with one attached hydrogen (secondary N) is 4. The molecule has 4 N–H and O–H groups in total. The van der Waals surface area contributed by atoms with Gasteiger partial charge in [-0.05, 0) is 98.1 Å². The predicted molar refractivity (Wildman–Crippen MR) is 149 cm³/mol. The summed E-state index contributed by atoms with van der Waals surface area (Å²) in [5.74, 6) is -1.24. The summed E-state index contributed by atoms with van der Waals surface area (Å²) < 4.78 is 35.5. The maximum atomic E-state index is 15.1. The summed E-state index contributed by atoms with van der Waals surface area (Å²) >= 11 is 0. The Hall–Kier alpha value is -4.83. The molecular formula is C30H27F2N5O3. The number of rotatable bonds is 7. The molecule has 0 bridgehead atoms. The number of benzene rings is 2. The number of halogens is 2. The van der Waals surface area contributed by atoms with Gasteiger partial charge in [0.05, 0.1) is 5.70 Å². The van der Waals surface area contributed by atoms with Gasteiger partial charge in [-0.1, -0.05) is 0 Å². The average molecular weight is 544 g/mol. The van der Waals surface area contributed by atoms with Crippen LogP contribution in [0, 0.1) is 23.0 Å². The number of anilines is 1. The van der Waals surface area contributed by atoms with Gasteiger partial charge in [-0.15, -0.1) is 0 Å². The van der Waals surface area contributed by atoms with Crippen molar-refractivity contribution in [3.63, 3.8) is 0 Å². The molecule has 0 spiro atoms. The normalized spacial score (nSPS) is 16.5. The number of pyridine rings is 1.